The third kappa shape index (κ3) is 3.30. The lowest BCUT2D eigenvalue weighted by atomic mass is 9.99. The first-order valence-corrected chi connectivity index (χ1v) is 8.93. The predicted octanol–water partition coefficient (Wildman–Crippen LogP) is 3.96. The fourth-order valence-electron chi connectivity index (χ4n) is 3.21. The monoisotopic (exact) mass is 370 g/mol. The van der Waals surface area contributed by atoms with Gasteiger partial charge in [0.15, 0.2) is 6.61 Å². The van der Waals surface area contributed by atoms with Crippen LogP contribution >= 0.6 is 0 Å². The van der Waals surface area contributed by atoms with E-state index < -0.39 is 5.97 Å². The number of hydrogen-bond donors (Lipinski definition) is 1. The van der Waals surface area contributed by atoms with Crippen molar-refractivity contribution in [2.24, 2.45) is 0 Å². The highest BCUT2D eigenvalue weighted by Gasteiger charge is 2.17. The van der Waals surface area contributed by atoms with Crippen LogP contribution in [0.15, 0.2) is 72.8 Å². The van der Waals surface area contributed by atoms with E-state index in [0.717, 1.165) is 16.3 Å². The van der Waals surface area contributed by atoms with Crippen LogP contribution in [-0.2, 0) is 9.53 Å². The van der Waals surface area contributed by atoms with E-state index in [1.165, 1.54) is 7.05 Å². The van der Waals surface area contributed by atoms with E-state index in [-0.39, 0.29) is 12.5 Å². The molecule has 1 heterocycles. The van der Waals surface area contributed by atoms with E-state index in [0.29, 0.717) is 22.2 Å². The number of hydrogen-bond acceptors (Lipinski definition) is 4. The molecule has 4 rings (SSSR count). The Hall–Kier alpha value is -3.73. The average Bonchev–Trinajstić information content (AvgIpc) is 2.76. The normalized spacial score (nSPS) is 10.8. The summed E-state index contributed by atoms with van der Waals surface area (Å²) in [5.41, 5.74) is 2.70. The summed E-state index contributed by atoms with van der Waals surface area (Å²) in [7, 11) is 1.50. The Morgan fingerprint density at radius 2 is 1.64 bits per heavy atom. The Balaban J connectivity index is 1.86. The second kappa shape index (κ2) is 7.48. The van der Waals surface area contributed by atoms with Gasteiger partial charge in [0.1, 0.15) is 0 Å². The van der Waals surface area contributed by atoms with Crippen molar-refractivity contribution in [2.45, 2.75) is 0 Å². The molecule has 0 saturated carbocycles. The van der Waals surface area contributed by atoms with Crippen LogP contribution in [0.2, 0.25) is 0 Å². The molecule has 1 aromatic heterocycles. The highest BCUT2D eigenvalue weighted by atomic mass is 16.5. The van der Waals surface area contributed by atoms with E-state index in [2.05, 4.69) is 5.32 Å². The van der Waals surface area contributed by atoms with Crippen molar-refractivity contribution >= 4 is 33.6 Å². The van der Waals surface area contributed by atoms with E-state index >= 15 is 0 Å². The number of fused-ring (bicyclic) bond motifs is 2. The Morgan fingerprint density at radius 1 is 0.929 bits per heavy atom. The Labute approximate surface area is 162 Å². The molecule has 0 atom stereocenters. The van der Waals surface area contributed by atoms with E-state index in [1.807, 2.05) is 66.7 Å². The zero-order valence-electron chi connectivity index (χ0n) is 15.3. The average molecular weight is 370 g/mol. The van der Waals surface area contributed by atoms with Crippen LogP contribution in [0.3, 0.4) is 0 Å². The molecule has 0 radical (unpaired) electrons. The number of carbonyl (C=O) groups is 2. The molecule has 0 aliphatic rings. The standard InChI is InChI=1S/C23H18N2O3/c1-24-22(26)14-28-23(27)19-13-21(25-20-12-5-4-10-18(19)20)17-11-6-8-15-7-2-3-9-16(15)17/h2-13H,14H2,1H3,(H,24,26). The summed E-state index contributed by atoms with van der Waals surface area (Å²) in [5.74, 6) is -0.912. The van der Waals surface area contributed by atoms with Crippen LogP contribution in [0.5, 0.6) is 0 Å². The number of aromatic nitrogens is 1. The number of esters is 1. The van der Waals surface area contributed by atoms with Crippen molar-refractivity contribution in [1.82, 2.24) is 10.3 Å². The van der Waals surface area contributed by atoms with Crippen LogP contribution in [0.4, 0.5) is 0 Å². The van der Waals surface area contributed by atoms with Gasteiger partial charge in [-0.15, -0.1) is 0 Å². The Kier molecular flexibility index (Phi) is 4.72. The number of likely N-dealkylation sites (N-methyl/N-ethyl adjacent to an activating group) is 1. The largest absolute Gasteiger partial charge is 0.452 e. The first-order chi connectivity index (χ1) is 13.7. The molecule has 0 saturated heterocycles. The fraction of sp³-hybridized carbons (Fsp3) is 0.0870. The quantitative estimate of drug-likeness (QED) is 0.552. The summed E-state index contributed by atoms with van der Waals surface area (Å²) in [5, 5.41) is 5.28. The lowest BCUT2D eigenvalue weighted by molar-refractivity contribution is -0.123. The summed E-state index contributed by atoms with van der Waals surface area (Å²) >= 11 is 0. The van der Waals surface area contributed by atoms with Gasteiger partial charge in [0, 0.05) is 18.0 Å². The lowest BCUT2D eigenvalue weighted by Gasteiger charge is -2.11. The highest BCUT2D eigenvalue weighted by molar-refractivity contribution is 6.06. The summed E-state index contributed by atoms with van der Waals surface area (Å²) in [6.45, 7) is -0.324. The van der Waals surface area contributed by atoms with Crippen molar-refractivity contribution in [3.63, 3.8) is 0 Å². The molecule has 0 spiro atoms. The van der Waals surface area contributed by atoms with Gasteiger partial charge >= 0.3 is 5.97 Å². The second-order valence-electron chi connectivity index (χ2n) is 6.35. The summed E-state index contributed by atoms with van der Waals surface area (Å²) in [4.78, 5) is 28.9. The van der Waals surface area contributed by atoms with Crippen molar-refractivity contribution < 1.29 is 14.3 Å². The number of nitrogens with zero attached hydrogens (tertiary/aromatic N) is 1. The Morgan fingerprint density at radius 3 is 2.46 bits per heavy atom. The van der Waals surface area contributed by atoms with Gasteiger partial charge in [0.2, 0.25) is 0 Å². The predicted molar refractivity (Wildman–Crippen MR) is 109 cm³/mol. The molecule has 1 N–H and O–H groups in total. The van der Waals surface area contributed by atoms with Crippen LogP contribution < -0.4 is 5.32 Å². The number of nitrogens with one attached hydrogen (secondary N) is 1. The maximum absolute atomic E-state index is 12.7. The molecule has 5 nitrogen and oxygen atoms in total. The molecule has 1 amide bonds. The van der Waals surface area contributed by atoms with Crippen LogP contribution in [-0.4, -0.2) is 30.5 Å². The lowest BCUT2D eigenvalue weighted by Crippen LogP contribution is -2.25. The number of ether oxygens (including phenoxy) is 1. The van der Waals surface area contributed by atoms with Gasteiger partial charge in [-0.05, 0) is 22.9 Å². The van der Waals surface area contributed by atoms with Gasteiger partial charge in [-0.3, -0.25) is 4.79 Å². The summed E-state index contributed by atoms with van der Waals surface area (Å²) < 4.78 is 5.19. The minimum absolute atomic E-state index is 0.324. The van der Waals surface area contributed by atoms with Gasteiger partial charge in [-0.25, -0.2) is 9.78 Å². The topological polar surface area (TPSA) is 68.3 Å². The molecule has 5 heteroatoms. The minimum Gasteiger partial charge on any atom is -0.452 e. The van der Waals surface area contributed by atoms with Crippen molar-refractivity contribution in [2.75, 3.05) is 13.7 Å². The fourth-order valence-corrected chi connectivity index (χ4v) is 3.21. The number of para-hydroxylation sites is 1. The molecular weight excluding hydrogens is 352 g/mol. The second-order valence-corrected chi connectivity index (χ2v) is 6.35. The van der Waals surface area contributed by atoms with Gasteiger partial charge < -0.3 is 10.1 Å². The summed E-state index contributed by atoms with van der Waals surface area (Å²) in [6, 6.07) is 23.2. The van der Waals surface area contributed by atoms with Crippen LogP contribution in [0.1, 0.15) is 10.4 Å². The van der Waals surface area contributed by atoms with E-state index in [1.54, 1.807) is 6.07 Å². The van der Waals surface area contributed by atoms with Gasteiger partial charge in [0.25, 0.3) is 5.91 Å². The number of pyridine rings is 1. The molecule has 28 heavy (non-hydrogen) atoms. The molecule has 4 aromatic rings. The maximum atomic E-state index is 12.7. The van der Waals surface area contributed by atoms with E-state index in [9.17, 15) is 9.59 Å². The maximum Gasteiger partial charge on any atom is 0.339 e. The third-order valence-electron chi connectivity index (χ3n) is 4.61. The first kappa shape index (κ1) is 17.7. The molecule has 0 aliphatic carbocycles. The zero-order chi connectivity index (χ0) is 19.5. The molecule has 0 fully saturated rings. The molecule has 0 bridgehead atoms. The minimum atomic E-state index is -0.552. The third-order valence-corrected chi connectivity index (χ3v) is 4.61. The smallest absolute Gasteiger partial charge is 0.339 e. The molecule has 0 unspecified atom stereocenters. The SMILES string of the molecule is CNC(=O)COC(=O)c1cc(-c2cccc3ccccc23)nc2ccccc12. The van der Waals surface area contributed by atoms with Crippen LogP contribution in [0, 0.1) is 0 Å². The molecular formula is C23H18N2O3. The van der Waals surface area contributed by atoms with Gasteiger partial charge in [-0.1, -0.05) is 60.7 Å². The van der Waals surface area contributed by atoms with Crippen molar-refractivity contribution in [3.05, 3.63) is 78.4 Å². The highest BCUT2D eigenvalue weighted by Crippen LogP contribution is 2.30. The summed E-state index contributed by atoms with van der Waals surface area (Å²) in [6.07, 6.45) is 0. The molecule has 0 aliphatic heterocycles. The number of benzene rings is 3. The first-order valence-electron chi connectivity index (χ1n) is 8.93. The van der Waals surface area contributed by atoms with Crippen LogP contribution in [0.25, 0.3) is 32.9 Å². The number of rotatable bonds is 4. The van der Waals surface area contributed by atoms with Gasteiger partial charge in [-0.2, -0.15) is 0 Å². The Bertz CT molecular complexity index is 1200. The number of amides is 1. The van der Waals surface area contributed by atoms with Gasteiger partial charge in [0.05, 0.1) is 16.8 Å². The van der Waals surface area contributed by atoms with Crippen molar-refractivity contribution in [3.8, 4) is 11.3 Å². The molecule has 138 valence electrons. The van der Waals surface area contributed by atoms with E-state index in [4.69, 9.17) is 9.72 Å². The van der Waals surface area contributed by atoms with Crippen molar-refractivity contribution in [1.29, 1.82) is 0 Å². The zero-order valence-corrected chi connectivity index (χ0v) is 15.3. The molecule has 3 aromatic carbocycles. The number of carbonyl (C=O) groups excluding carboxylic acids is 2.